The number of nitrogens with one attached hydrogen (secondary N) is 1. The van der Waals surface area contributed by atoms with Crippen LogP contribution < -0.4 is 5.32 Å². The summed E-state index contributed by atoms with van der Waals surface area (Å²) in [5.74, 6) is 0.936. The Hall–Kier alpha value is -3.45. The first-order valence-electron chi connectivity index (χ1n) is 12.3. The maximum atomic E-state index is 13.1. The van der Waals surface area contributed by atoms with Crippen LogP contribution in [0.3, 0.4) is 0 Å². The first-order valence-corrected chi connectivity index (χ1v) is 12.3. The van der Waals surface area contributed by atoms with Crippen molar-refractivity contribution >= 4 is 11.6 Å². The van der Waals surface area contributed by atoms with E-state index in [1.165, 1.54) is 5.56 Å². The third-order valence-corrected chi connectivity index (χ3v) is 6.26. The van der Waals surface area contributed by atoms with Gasteiger partial charge < -0.3 is 14.6 Å². The number of allylic oxidation sites excluding steroid dienone is 1. The molecule has 0 saturated carbocycles. The number of benzene rings is 2. The molecule has 2 heterocycles. The number of urea groups is 1. The molecule has 1 aliphatic heterocycles. The van der Waals surface area contributed by atoms with E-state index in [4.69, 9.17) is 14.2 Å². The van der Waals surface area contributed by atoms with Crippen LogP contribution in [-0.4, -0.2) is 40.3 Å². The van der Waals surface area contributed by atoms with E-state index in [-0.39, 0.29) is 18.2 Å². The average Bonchev–Trinajstić information content (AvgIpc) is 3.33. The summed E-state index contributed by atoms with van der Waals surface area (Å²) in [7, 11) is 0. The smallest absolute Gasteiger partial charge is 0.322 e. The fourth-order valence-electron chi connectivity index (χ4n) is 4.22. The molecule has 0 fully saturated rings. The number of hydrogen-bond acceptors (Lipinski definition) is 5. The molecule has 1 aliphatic rings. The molecule has 0 aliphatic carbocycles. The van der Waals surface area contributed by atoms with Crippen LogP contribution in [0, 0.1) is 6.92 Å². The number of ether oxygens (including phenoxy) is 1. The van der Waals surface area contributed by atoms with E-state index < -0.39 is 0 Å². The van der Waals surface area contributed by atoms with Crippen molar-refractivity contribution < 1.29 is 14.1 Å². The monoisotopic (exact) mass is 474 g/mol. The van der Waals surface area contributed by atoms with Crippen LogP contribution in [0.5, 0.6) is 0 Å². The molecular formula is C28H34N4O3. The van der Waals surface area contributed by atoms with E-state index in [2.05, 4.69) is 29.5 Å². The van der Waals surface area contributed by atoms with Crippen molar-refractivity contribution in [3.05, 3.63) is 76.8 Å². The van der Waals surface area contributed by atoms with Crippen molar-refractivity contribution in [2.24, 2.45) is 0 Å². The zero-order valence-electron chi connectivity index (χ0n) is 21.2. The first kappa shape index (κ1) is 24.7. The van der Waals surface area contributed by atoms with E-state index in [0.29, 0.717) is 24.9 Å². The van der Waals surface area contributed by atoms with Gasteiger partial charge in [-0.25, -0.2) is 4.79 Å². The van der Waals surface area contributed by atoms with Gasteiger partial charge in [-0.3, -0.25) is 4.90 Å². The van der Waals surface area contributed by atoms with Crippen molar-refractivity contribution in [2.45, 2.75) is 59.6 Å². The summed E-state index contributed by atoms with van der Waals surface area (Å²) in [5.41, 5.74) is 5.88. The summed E-state index contributed by atoms with van der Waals surface area (Å²) in [6.07, 6.45) is 1.86. The van der Waals surface area contributed by atoms with Crippen LogP contribution in [0.15, 0.2) is 58.8 Å². The van der Waals surface area contributed by atoms with Gasteiger partial charge in [0.05, 0.1) is 17.7 Å². The molecule has 184 valence electrons. The molecule has 1 atom stereocenters. The van der Waals surface area contributed by atoms with Crippen molar-refractivity contribution in [2.75, 3.05) is 13.2 Å². The Bertz CT molecular complexity index is 1180. The molecule has 4 rings (SSSR count). The van der Waals surface area contributed by atoms with Crippen molar-refractivity contribution in [3.8, 4) is 11.4 Å². The highest BCUT2D eigenvalue weighted by Gasteiger charge is 2.35. The Labute approximate surface area is 207 Å². The largest absolute Gasteiger partial charge is 0.379 e. The number of aromatic nitrogens is 2. The highest BCUT2D eigenvalue weighted by molar-refractivity contribution is 5.86. The topological polar surface area (TPSA) is 80.5 Å². The van der Waals surface area contributed by atoms with Gasteiger partial charge in [0.1, 0.15) is 0 Å². The third kappa shape index (κ3) is 5.62. The maximum Gasteiger partial charge on any atom is 0.322 e. The van der Waals surface area contributed by atoms with Crippen molar-refractivity contribution in [1.82, 2.24) is 20.4 Å². The Morgan fingerprint density at radius 1 is 1.09 bits per heavy atom. The lowest BCUT2D eigenvalue weighted by molar-refractivity contribution is 0.0736. The van der Waals surface area contributed by atoms with Gasteiger partial charge in [-0.15, -0.1) is 0 Å². The van der Waals surface area contributed by atoms with Gasteiger partial charge in [-0.05, 0) is 51.7 Å². The molecule has 35 heavy (non-hydrogen) atoms. The maximum absolute atomic E-state index is 13.1. The van der Waals surface area contributed by atoms with E-state index >= 15 is 0 Å². The van der Waals surface area contributed by atoms with Crippen LogP contribution in [0.25, 0.3) is 17.0 Å². The molecule has 1 unspecified atom stereocenters. The molecule has 3 aromatic rings. The number of rotatable bonds is 9. The summed E-state index contributed by atoms with van der Waals surface area (Å²) in [4.78, 5) is 19.6. The van der Waals surface area contributed by atoms with Gasteiger partial charge in [0.15, 0.2) is 0 Å². The molecule has 0 radical (unpaired) electrons. The molecule has 0 spiro atoms. The number of hydrogen-bond donors (Lipinski definition) is 1. The molecule has 7 heteroatoms. The third-order valence-electron chi connectivity index (χ3n) is 6.26. The molecule has 0 saturated heterocycles. The Kier molecular flexibility index (Phi) is 7.66. The molecule has 2 aromatic carbocycles. The SMILES string of the molecule is CCc1ccc(-c2noc(C3=C(C)N(CCCOC(C)C)C(=O)NC3c3ccc(C)cc3)n2)cc1. The summed E-state index contributed by atoms with van der Waals surface area (Å²) >= 11 is 0. The van der Waals surface area contributed by atoms with E-state index in [9.17, 15) is 4.79 Å². The van der Waals surface area contributed by atoms with E-state index in [1.807, 2.05) is 64.1 Å². The Balaban J connectivity index is 1.69. The van der Waals surface area contributed by atoms with Crippen LogP contribution >= 0.6 is 0 Å². The first-order chi connectivity index (χ1) is 16.9. The van der Waals surface area contributed by atoms with E-state index in [1.54, 1.807) is 4.90 Å². The fraction of sp³-hybridized carbons (Fsp3) is 0.393. The normalized spacial score (nSPS) is 16.2. The van der Waals surface area contributed by atoms with Gasteiger partial charge in [0.25, 0.3) is 5.89 Å². The second kappa shape index (κ2) is 10.9. The van der Waals surface area contributed by atoms with E-state index in [0.717, 1.165) is 40.8 Å². The number of aryl methyl sites for hydroxylation is 2. The second-order valence-electron chi connectivity index (χ2n) is 9.19. The van der Waals surface area contributed by atoms with Gasteiger partial charge in [-0.2, -0.15) is 4.98 Å². The standard InChI is InChI=1S/C28H34N4O3/c1-6-21-10-14-23(15-11-21)26-30-27(35-31-26)24-20(5)32(16-7-17-34-18(2)3)28(33)29-25(24)22-12-8-19(4)9-13-22/h8-15,18,25H,6-7,16-17H2,1-5H3,(H,29,33). The Morgan fingerprint density at radius 2 is 1.80 bits per heavy atom. The van der Waals surface area contributed by atoms with Crippen LogP contribution in [0.1, 0.15) is 62.7 Å². The molecular weight excluding hydrogens is 440 g/mol. The molecule has 1 N–H and O–H groups in total. The van der Waals surface area contributed by atoms with Crippen LogP contribution in [0.4, 0.5) is 4.79 Å². The van der Waals surface area contributed by atoms with Crippen LogP contribution in [-0.2, 0) is 11.2 Å². The zero-order chi connectivity index (χ0) is 24.9. The molecule has 1 aromatic heterocycles. The summed E-state index contributed by atoms with van der Waals surface area (Å²) < 4.78 is 11.4. The highest BCUT2D eigenvalue weighted by atomic mass is 16.5. The van der Waals surface area contributed by atoms with Crippen molar-refractivity contribution in [1.29, 1.82) is 0 Å². The lowest BCUT2D eigenvalue weighted by atomic mass is 9.94. The lowest BCUT2D eigenvalue weighted by Crippen LogP contribution is -2.46. The van der Waals surface area contributed by atoms with Gasteiger partial charge >= 0.3 is 6.03 Å². The lowest BCUT2D eigenvalue weighted by Gasteiger charge is -2.35. The minimum atomic E-state index is -0.387. The zero-order valence-corrected chi connectivity index (χ0v) is 21.2. The van der Waals surface area contributed by atoms with Crippen LogP contribution in [0.2, 0.25) is 0 Å². The minimum Gasteiger partial charge on any atom is -0.379 e. The number of carbonyl (C=O) groups excluding carboxylic acids is 1. The minimum absolute atomic E-state index is 0.142. The fourth-order valence-corrected chi connectivity index (χ4v) is 4.22. The number of nitrogens with zero attached hydrogens (tertiary/aromatic N) is 3. The number of amides is 2. The quantitative estimate of drug-likeness (QED) is 0.389. The van der Waals surface area contributed by atoms with Gasteiger partial charge in [-0.1, -0.05) is 66.2 Å². The van der Waals surface area contributed by atoms with Crippen molar-refractivity contribution in [3.63, 3.8) is 0 Å². The summed E-state index contributed by atoms with van der Waals surface area (Å²) in [6, 6.07) is 15.8. The highest BCUT2D eigenvalue weighted by Crippen LogP contribution is 2.37. The molecule has 0 bridgehead atoms. The number of carbonyl (C=O) groups is 1. The van der Waals surface area contributed by atoms with Gasteiger partial charge in [0.2, 0.25) is 5.82 Å². The molecule has 2 amide bonds. The Morgan fingerprint density at radius 3 is 2.46 bits per heavy atom. The molecule has 7 nitrogen and oxygen atoms in total. The predicted molar refractivity (Wildman–Crippen MR) is 137 cm³/mol. The second-order valence-corrected chi connectivity index (χ2v) is 9.19. The van der Waals surface area contributed by atoms with Gasteiger partial charge in [0, 0.05) is 24.4 Å². The predicted octanol–water partition coefficient (Wildman–Crippen LogP) is 5.92. The summed E-state index contributed by atoms with van der Waals surface area (Å²) in [5, 5.41) is 7.42. The summed E-state index contributed by atoms with van der Waals surface area (Å²) in [6.45, 7) is 11.2. The average molecular weight is 475 g/mol.